The SMILES string of the molecule is COc1ccc(S(=O)(=O)NNC(=O)c2ccccc2NS(=O)(=O)c2cccs2)cc1. The van der Waals surface area contributed by atoms with E-state index in [2.05, 4.69) is 10.1 Å². The number of carbonyl (C=O) groups excluding carboxylic acids is 1. The van der Waals surface area contributed by atoms with Gasteiger partial charge in [0.25, 0.3) is 26.0 Å². The van der Waals surface area contributed by atoms with Crippen molar-refractivity contribution < 1.29 is 26.4 Å². The molecule has 0 fully saturated rings. The van der Waals surface area contributed by atoms with Gasteiger partial charge in [0.1, 0.15) is 9.96 Å². The summed E-state index contributed by atoms with van der Waals surface area (Å²) >= 11 is 1.03. The summed E-state index contributed by atoms with van der Waals surface area (Å²) in [5.74, 6) is -0.360. The molecule has 12 heteroatoms. The summed E-state index contributed by atoms with van der Waals surface area (Å²) in [7, 11) is -6.48. The third-order valence-corrected chi connectivity index (χ3v) is 7.87. The molecule has 30 heavy (non-hydrogen) atoms. The number of nitrogens with one attached hydrogen (secondary N) is 3. The molecule has 0 bridgehead atoms. The standard InChI is InChI=1S/C18H17N3O6S3/c1-27-13-8-10-14(11-9-13)29(23,24)21-19-18(22)15-5-2-3-6-16(15)20-30(25,26)17-7-4-12-28-17/h2-12,20-21H,1H3,(H,19,22). The molecule has 9 nitrogen and oxygen atoms in total. The summed E-state index contributed by atoms with van der Waals surface area (Å²) in [5.41, 5.74) is 2.03. The maximum atomic E-state index is 12.5. The molecule has 3 aromatic rings. The van der Waals surface area contributed by atoms with Gasteiger partial charge < -0.3 is 4.74 Å². The Morgan fingerprint density at radius 3 is 2.23 bits per heavy atom. The number of thiophene rings is 1. The Bertz CT molecular complexity index is 1240. The third-order valence-electron chi connectivity index (χ3n) is 3.84. The highest BCUT2D eigenvalue weighted by Crippen LogP contribution is 2.23. The Labute approximate surface area is 177 Å². The van der Waals surface area contributed by atoms with E-state index < -0.39 is 26.0 Å². The van der Waals surface area contributed by atoms with Gasteiger partial charge in [0, 0.05) is 0 Å². The smallest absolute Gasteiger partial charge is 0.271 e. The van der Waals surface area contributed by atoms with Crippen LogP contribution in [0.4, 0.5) is 5.69 Å². The molecule has 3 N–H and O–H groups in total. The maximum absolute atomic E-state index is 12.5. The molecule has 0 atom stereocenters. The lowest BCUT2D eigenvalue weighted by atomic mass is 10.2. The number of benzene rings is 2. The number of amides is 1. The van der Waals surface area contributed by atoms with Crippen molar-refractivity contribution in [3.63, 3.8) is 0 Å². The maximum Gasteiger partial charge on any atom is 0.271 e. The minimum absolute atomic E-state index is 0.00652. The number of rotatable bonds is 8. The molecule has 0 aliphatic carbocycles. The zero-order valence-electron chi connectivity index (χ0n) is 15.5. The molecule has 1 heterocycles. The molecule has 0 radical (unpaired) electrons. The van der Waals surface area contributed by atoms with E-state index in [4.69, 9.17) is 4.74 Å². The fourth-order valence-corrected chi connectivity index (χ4v) is 5.29. The van der Waals surface area contributed by atoms with Crippen LogP contribution in [0.25, 0.3) is 0 Å². The molecule has 158 valence electrons. The zero-order chi connectivity index (χ0) is 21.8. The van der Waals surface area contributed by atoms with Crippen LogP contribution in [0.3, 0.4) is 0 Å². The molecule has 1 aromatic heterocycles. The lowest BCUT2D eigenvalue weighted by Crippen LogP contribution is -2.41. The van der Waals surface area contributed by atoms with Crippen molar-refractivity contribution in [1.29, 1.82) is 0 Å². The van der Waals surface area contributed by atoms with Crippen LogP contribution < -0.4 is 19.7 Å². The highest BCUT2D eigenvalue weighted by molar-refractivity contribution is 7.94. The summed E-state index contributed by atoms with van der Waals surface area (Å²) in [6.45, 7) is 0. The first-order valence-corrected chi connectivity index (χ1v) is 12.2. The number of hydrogen-bond acceptors (Lipinski definition) is 7. The van der Waals surface area contributed by atoms with Gasteiger partial charge in [0.15, 0.2) is 0 Å². The predicted octanol–water partition coefficient (Wildman–Crippen LogP) is 2.18. The van der Waals surface area contributed by atoms with Crippen molar-refractivity contribution in [2.24, 2.45) is 0 Å². The van der Waals surface area contributed by atoms with Gasteiger partial charge >= 0.3 is 0 Å². The topological polar surface area (TPSA) is 131 Å². The van der Waals surface area contributed by atoms with Crippen LogP contribution in [0.2, 0.25) is 0 Å². The molecule has 0 aliphatic rings. The van der Waals surface area contributed by atoms with E-state index in [-0.39, 0.29) is 20.4 Å². The predicted molar refractivity (Wildman–Crippen MR) is 112 cm³/mol. The van der Waals surface area contributed by atoms with Gasteiger partial charge in [-0.3, -0.25) is 14.9 Å². The number of ether oxygens (including phenoxy) is 1. The minimum Gasteiger partial charge on any atom is -0.497 e. The van der Waals surface area contributed by atoms with Crippen LogP contribution in [0.15, 0.2) is 75.1 Å². The number of hydrogen-bond donors (Lipinski definition) is 3. The average Bonchev–Trinajstić information content (AvgIpc) is 3.28. The molecule has 2 aromatic carbocycles. The van der Waals surface area contributed by atoms with E-state index in [1.807, 2.05) is 4.83 Å². The Kier molecular flexibility index (Phi) is 6.41. The number of carbonyl (C=O) groups is 1. The first-order chi connectivity index (χ1) is 14.2. The largest absolute Gasteiger partial charge is 0.497 e. The highest BCUT2D eigenvalue weighted by Gasteiger charge is 2.21. The third kappa shape index (κ3) is 4.97. The molecule has 1 amide bonds. The van der Waals surface area contributed by atoms with E-state index in [1.165, 1.54) is 55.6 Å². The van der Waals surface area contributed by atoms with Crippen molar-refractivity contribution >= 4 is 43.0 Å². The van der Waals surface area contributed by atoms with Crippen LogP contribution in [-0.4, -0.2) is 29.9 Å². The number of sulfonamides is 2. The van der Waals surface area contributed by atoms with Crippen LogP contribution in [0.1, 0.15) is 10.4 Å². The van der Waals surface area contributed by atoms with Gasteiger partial charge in [0.2, 0.25) is 0 Å². The van der Waals surface area contributed by atoms with Gasteiger partial charge in [-0.15, -0.1) is 16.2 Å². The lowest BCUT2D eigenvalue weighted by Gasteiger charge is -2.13. The van der Waals surface area contributed by atoms with Gasteiger partial charge in [-0.2, -0.15) is 0 Å². The molecular weight excluding hydrogens is 450 g/mol. The Morgan fingerprint density at radius 1 is 0.900 bits per heavy atom. The molecule has 0 saturated carbocycles. The summed E-state index contributed by atoms with van der Waals surface area (Å²) < 4.78 is 57.0. The van der Waals surface area contributed by atoms with Gasteiger partial charge in [-0.1, -0.05) is 18.2 Å². The summed E-state index contributed by atoms with van der Waals surface area (Å²) in [6, 6.07) is 14.4. The Balaban J connectivity index is 1.76. The van der Waals surface area contributed by atoms with Crippen molar-refractivity contribution in [2.45, 2.75) is 9.10 Å². The number of anilines is 1. The van der Waals surface area contributed by atoms with E-state index in [0.717, 1.165) is 11.3 Å². The van der Waals surface area contributed by atoms with Crippen LogP contribution >= 0.6 is 11.3 Å². The molecule has 0 unspecified atom stereocenters. The summed E-state index contributed by atoms with van der Waals surface area (Å²) in [5, 5.41) is 1.61. The number of para-hydroxylation sites is 1. The van der Waals surface area contributed by atoms with Gasteiger partial charge in [-0.05, 0) is 47.8 Å². The zero-order valence-corrected chi connectivity index (χ0v) is 18.0. The monoisotopic (exact) mass is 467 g/mol. The van der Waals surface area contributed by atoms with E-state index in [0.29, 0.717) is 5.75 Å². The number of methoxy groups -OCH3 is 1. The minimum atomic E-state index is -4.05. The summed E-state index contributed by atoms with van der Waals surface area (Å²) in [6.07, 6.45) is 0. The number of hydrazine groups is 1. The molecule has 0 saturated heterocycles. The second-order valence-electron chi connectivity index (χ2n) is 5.82. The van der Waals surface area contributed by atoms with Gasteiger partial charge in [0.05, 0.1) is 23.3 Å². The first-order valence-electron chi connectivity index (χ1n) is 8.34. The van der Waals surface area contributed by atoms with Crippen molar-refractivity contribution in [2.75, 3.05) is 11.8 Å². The fourth-order valence-electron chi connectivity index (χ4n) is 2.38. The highest BCUT2D eigenvalue weighted by atomic mass is 32.2. The Morgan fingerprint density at radius 2 is 1.60 bits per heavy atom. The van der Waals surface area contributed by atoms with Crippen LogP contribution in [0.5, 0.6) is 5.75 Å². The van der Waals surface area contributed by atoms with Crippen molar-refractivity contribution in [1.82, 2.24) is 10.3 Å². The molecule has 0 spiro atoms. The van der Waals surface area contributed by atoms with E-state index >= 15 is 0 Å². The quantitative estimate of drug-likeness (QED) is 0.435. The second kappa shape index (κ2) is 8.83. The van der Waals surface area contributed by atoms with Gasteiger partial charge in [-0.25, -0.2) is 16.8 Å². The van der Waals surface area contributed by atoms with Crippen LogP contribution in [-0.2, 0) is 20.0 Å². The first kappa shape index (κ1) is 21.8. The molecule has 3 rings (SSSR count). The van der Waals surface area contributed by atoms with Crippen molar-refractivity contribution in [3.8, 4) is 5.75 Å². The normalized spacial score (nSPS) is 11.6. The lowest BCUT2D eigenvalue weighted by molar-refractivity contribution is 0.0946. The molecule has 0 aliphatic heterocycles. The van der Waals surface area contributed by atoms with E-state index in [9.17, 15) is 21.6 Å². The molecular formula is C18H17N3O6S3. The second-order valence-corrected chi connectivity index (χ2v) is 10.4. The average molecular weight is 468 g/mol. The summed E-state index contributed by atoms with van der Waals surface area (Å²) in [4.78, 5) is 14.4. The fraction of sp³-hybridized carbons (Fsp3) is 0.0556. The van der Waals surface area contributed by atoms with Crippen LogP contribution in [0, 0.1) is 0 Å². The van der Waals surface area contributed by atoms with Crippen molar-refractivity contribution in [3.05, 3.63) is 71.6 Å². The Hall–Kier alpha value is -2.93. The van der Waals surface area contributed by atoms with E-state index in [1.54, 1.807) is 17.5 Å².